The maximum absolute atomic E-state index is 12.5. The van der Waals surface area contributed by atoms with Crippen LogP contribution in [0.15, 0.2) is 18.2 Å². The van der Waals surface area contributed by atoms with Crippen molar-refractivity contribution in [1.82, 2.24) is 5.32 Å². The molecule has 0 unspecified atom stereocenters. The van der Waals surface area contributed by atoms with Gasteiger partial charge in [0.1, 0.15) is 0 Å². The van der Waals surface area contributed by atoms with Crippen LogP contribution in [0, 0.1) is 0 Å². The van der Waals surface area contributed by atoms with E-state index in [1.165, 1.54) is 6.07 Å². The molecular formula is C13H18F3N3O2. The van der Waals surface area contributed by atoms with Crippen LogP contribution < -0.4 is 16.4 Å². The summed E-state index contributed by atoms with van der Waals surface area (Å²) in [6, 6.07) is 3.07. The molecule has 0 aromatic heterocycles. The van der Waals surface area contributed by atoms with Gasteiger partial charge in [-0.05, 0) is 38.5 Å². The van der Waals surface area contributed by atoms with E-state index in [0.29, 0.717) is 18.7 Å². The fourth-order valence-electron chi connectivity index (χ4n) is 1.76. The molecule has 1 aromatic carbocycles. The van der Waals surface area contributed by atoms with E-state index in [1.807, 2.05) is 0 Å². The zero-order valence-corrected chi connectivity index (χ0v) is 11.7. The van der Waals surface area contributed by atoms with Crippen molar-refractivity contribution in [3.8, 4) is 0 Å². The van der Waals surface area contributed by atoms with Gasteiger partial charge in [-0.15, -0.1) is 0 Å². The Balaban J connectivity index is 2.63. The highest BCUT2D eigenvalue weighted by Crippen LogP contribution is 2.32. The van der Waals surface area contributed by atoms with Gasteiger partial charge in [0.25, 0.3) is 0 Å². The van der Waals surface area contributed by atoms with Crippen LogP contribution in [0.3, 0.4) is 0 Å². The van der Waals surface area contributed by atoms with E-state index in [2.05, 4.69) is 10.6 Å². The van der Waals surface area contributed by atoms with E-state index >= 15 is 0 Å². The molecule has 0 saturated carbocycles. The fourth-order valence-corrected chi connectivity index (χ4v) is 1.76. The molecule has 0 bridgehead atoms. The third-order valence-corrected chi connectivity index (χ3v) is 2.89. The molecule has 21 heavy (non-hydrogen) atoms. The Morgan fingerprint density at radius 2 is 1.95 bits per heavy atom. The number of nitrogens with two attached hydrogens (primary N) is 1. The highest BCUT2D eigenvalue weighted by atomic mass is 19.4. The van der Waals surface area contributed by atoms with Crippen molar-refractivity contribution < 1.29 is 23.1 Å². The van der Waals surface area contributed by atoms with Gasteiger partial charge in [-0.1, -0.05) is 0 Å². The normalized spacial score (nSPS) is 12.0. The van der Waals surface area contributed by atoms with Gasteiger partial charge in [0, 0.05) is 12.1 Å². The van der Waals surface area contributed by atoms with Gasteiger partial charge in [0.05, 0.1) is 16.9 Å². The third kappa shape index (κ3) is 5.41. The maximum Gasteiger partial charge on any atom is 0.416 e. The first-order chi connectivity index (χ1) is 9.51. The number of hydrogen-bond acceptors (Lipinski definition) is 3. The molecule has 8 heteroatoms. The van der Waals surface area contributed by atoms with Crippen LogP contribution in [0.1, 0.15) is 25.8 Å². The Kier molecular flexibility index (Phi) is 4.93. The second-order valence-corrected chi connectivity index (χ2v) is 5.29. The quantitative estimate of drug-likeness (QED) is 0.629. The van der Waals surface area contributed by atoms with Crippen LogP contribution in [0.4, 0.5) is 29.3 Å². The summed E-state index contributed by atoms with van der Waals surface area (Å²) < 4.78 is 37.5. The van der Waals surface area contributed by atoms with Crippen LogP contribution in [-0.4, -0.2) is 23.3 Å². The molecule has 5 N–H and O–H groups in total. The van der Waals surface area contributed by atoms with Gasteiger partial charge in [-0.25, -0.2) is 4.79 Å². The molecule has 0 radical (unpaired) electrons. The van der Waals surface area contributed by atoms with Gasteiger partial charge in [0.2, 0.25) is 0 Å². The Labute approximate surface area is 120 Å². The van der Waals surface area contributed by atoms with E-state index in [1.54, 1.807) is 13.8 Å². The predicted molar refractivity (Wildman–Crippen MR) is 74.2 cm³/mol. The number of nitrogen functional groups attached to an aromatic ring is 1. The number of carbonyl (C=O) groups is 1. The Morgan fingerprint density at radius 1 is 1.33 bits per heavy atom. The minimum atomic E-state index is -4.43. The van der Waals surface area contributed by atoms with E-state index < -0.39 is 23.4 Å². The molecule has 0 aliphatic rings. The summed E-state index contributed by atoms with van der Waals surface area (Å²) in [6.45, 7) is 3.78. The summed E-state index contributed by atoms with van der Waals surface area (Å²) in [6.07, 6.45) is -5.12. The molecule has 0 spiro atoms. The minimum absolute atomic E-state index is 0.00572. The molecule has 1 amide bonds. The van der Waals surface area contributed by atoms with Crippen LogP contribution in [-0.2, 0) is 6.18 Å². The minimum Gasteiger partial charge on any atom is -0.465 e. The molecule has 0 heterocycles. The van der Waals surface area contributed by atoms with Crippen LogP contribution in [0.25, 0.3) is 0 Å². The highest BCUT2D eigenvalue weighted by molar-refractivity contribution is 5.67. The van der Waals surface area contributed by atoms with E-state index in [4.69, 9.17) is 10.8 Å². The van der Waals surface area contributed by atoms with Crippen molar-refractivity contribution in [3.05, 3.63) is 23.8 Å². The van der Waals surface area contributed by atoms with Crippen molar-refractivity contribution in [2.45, 2.75) is 32.0 Å². The second-order valence-electron chi connectivity index (χ2n) is 5.29. The first-order valence-electron chi connectivity index (χ1n) is 6.23. The number of amides is 1. The van der Waals surface area contributed by atoms with Gasteiger partial charge >= 0.3 is 12.3 Å². The molecule has 0 saturated heterocycles. The van der Waals surface area contributed by atoms with Gasteiger partial charge in [-0.2, -0.15) is 13.2 Å². The third-order valence-electron chi connectivity index (χ3n) is 2.89. The highest BCUT2D eigenvalue weighted by Gasteiger charge is 2.30. The Hall–Kier alpha value is -2.12. The topological polar surface area (TPSA) is 87.4 Å². The largest absolute Gasteiger partial charge is 0.465 e. The van der Waals surface area contributed by atoms with Crippen LogP contribution >= 0.6 is 0 Å². The summed E-state index contributed by atoms with van der Waals surface area (Å²) in [7, 11) is 0. The number of hydrogen-bond donors (Lipinski definition) is 4. The zero-order valence-electron chi connectivity index (χ0n) is 11.7. The lowest BCUT2D eigenvalue weighted by molar-refractivity contribution is -0.137. The summed E-state index contributed by atoms with van der Waals surface area (Å²) in [5.74, 6) is 0. The van der Waals surface area contributed by atoms with Gasteiger partial charge in [-0.3, -0.25) is 0 Å². The van der Waals surface area contributed by atoms with E-state index in [-0.39, 0.29) is 5.69 Å². The maximum atomic E-state index is 12.5. The molecule has 0 aliphatic heterocycles. The molecule has 118 valence electrons. The fraction of sp³-hybridized carbons (Fsp3) is 0.462. The lowest BCUT2D eigenvalue weighted by atomic mass is 10.0. The predicted octanol–water partition coefficient (Wildman–Crippen LogP) is 3.14. The summed E-state index contributed by atoms with van der Waals surface area (Å²) in [4.78, 5) is 10.6. The van der Waals surface area contributed by atoms with E-state index in [9.17, 15) is 18.0 Å². The second kappa shape index (κ2) is 6.11. The molecule has 1 aromatic rings. The van der Waals surface area contributed by atoms with Crippen LogP contribution in [0.5, 0.6) is 0 Å². The van der Waals surface area contributed by atoms with Crippen molar-refractivity contribution in [3.63, 3.8) is 0 Å². The number of carboxylic acid groups (broad SMARTS) is 1. The average Bonchev–Trinajstić information content (AvgIpc) is 2.27. The molecule has 0 aliphatic carbocycles. The van der Waals surface area contributed by atoms with Gasteiger partial charge < -0.3 is 21.5 Å². The van der Waals surface area contributed by atoms with E-state index in [0.717, 1.165) is 12.1 Å². The number of alkyl halides is 3. The number of benzene rings is 1. The first-order valence-corrected chi connectivity index (χ1v) is 6.23. The van der Waals surface area contributed by atoms with Gasteiger partial charge in [0.15, 0.2) is 0 Å². The summed E-state index contributed by atoms with van der Waals surface area (Å²) in [5.41, 5.74) is 4.49. The van der Waals surface area contributed by atoms with Crippen molar-refractivity contribution in [1.29, 1.82) is 0 Å². The standard InChI is InChI=1S/C13H18F3N3O2/c1-12(2,19-11(20)21)5-6-18-10-4-3-8(7-9(10)17)13(14,15)16/h3-4,7,18-19H,5-6,17H2,1-2H3,(H,20,21). The molecule has 0 atom stereocenters. The molecule has 1 rings (SSSR count). The summed E-state index contributed by atoms with van der Waals surface area (Å²) in [5, 5.41) is 13.9. The molecular weight excluding hydrogens is 287 g/mol. The molecule has 5 nitrogen and oxygen atoms in total. The SMILES string of the molecule is CC(C)(CCNc1ccc(C(F)(F)F)cc1N)NC(=O)O. The lowest BCUT2D eigenvalue weighted by Crippen LogP contribution is -2.43. The van der Waals surface area contributed by atoms with Crippen LogP contribution in [0.2, 0.25) is 0 Å². The first kappa shape index (κ1) is 16.9. The monoisotopic (exact) mass is 305 g/mol. The Bertz CT molecular complexity index is 516. The Morgan fingerprint density at radius 3 is 2.43 bits per heavy atom. The molecule has 0 fully saturated rings. The van der Waals surface area contributed by atoms with Crippen molar-refractivity contribution >= 4 is 17.5 Å². The number of anilines is 2. The number of nitrogens with one attached hydrogen (secondary N) is 2. The zero-order chi connectivity index (χ0) is 16.3. The average molecular weight is 305 g/mol. The smallest absolute Gasteiger partial charge is 0.416 e. The summed E-state index contributed by atoms with van der Waals surface area (Å²) >= 11 is 0. The number of halogens is 3. The number of rotatable bonds is 5. The van der Waals surface area contributed by atoms with Crippen molar-refractivity contribution in [2.75, 3.05) is 17.6 Å². The van der Waals surface area contributed by atoms with Crippen molar-refractivity contribution in [2.24, 2.45) is 0 Å². The lowest BCUT2D eigenvalue weighted by Gasteiger charge is -2.25.